The maximum atomic E-state index is 13.8. The molecule has 3 atom stereocenters. The second-order valence-corrected chi connectivity index (χ2v) is 11.8. The maximum Gasteiger partial charge on any atom is 0.224 e. The molecule has 1 amide bonds. The van der Waals surface area contributed by atoms with Gasteiger partial charge in [0.1, 0.15) is 5.82 Å². The van der Waals surface area contributed by atoms with Gasteiger partial charge >= 0.3 is 0 Å². The lowest BCUT2D eigenvalue weighted by Crippen LogP contribution is -2.44. The summed E-state index contributed by atoms with van der Waals surface area (Å²) in [5, 5.41) is 2.72. The van der Waals surface area contributed by atoms with Gasteiger partial charge < -0.3 is 5.32 Å². The topological polar surface area (TPSA) is 97.4 Å². The molecule has 1 saturated carbocycles. The van der Waals surface area contributed by atoms with Gasteiger partial charge in [-0.2, -0.15) is 0 Å². The van der Waals surface area contributed by atoms with Crippen molar-refractivity contribution in [3.63, 3.8) is 0 Å². The van der Waals surface area contributed by atoms with Crippen molar-refractivity contribution < 1.29 is 28.4 Å². The first-order valence-corrected chi connectivity index (χ1v) is 14.8. The molecule has 0 radical (unpaired) electrons. The lowest BCUT2D eigenvalue weighted by atomic mass is 9.80. The predicted molar refractivity (Wildman–Crippen MR) is 156 cm³/mol. The quantitative estimate of drug-likeness (QED) is 0.209. The van der Waals surface area contributed by atoms with E-state index < -0.39 is 41.2 Å². The summed E-state index contributed by atoms with van der Waals surface area (Å²) in [5.41, 5.74) is 1.02. The number of nitrogens with one attached hydrogen (secondary N) is 1. The number of hydrogen-bond acceptors (Lipinski definition) is 5. The third kappa shape index (κ3) is 9.83. The molecule has 7 heteroatoms. The molecule has 1 aliphatic rings. The van der Waals surface area contributed by atoms with E-state index in [1.54, 1.807) is 49.4 Å². The van der Waals surface area contributed by atoms with E-state index >= 15 is 0 Å². The molecule has 220 valence electrons. The number of carbonyl (C=O) groups excluding carboxylic acids is 5. The van der Waals surface area contributed by atoms with Gasteiger partial charge in [-0.25, -0.2) is 4.39 Å². The van der Waals surface area contributed by atoms with Crippen molar-refractivity contribution in [1.29, 1.82) is 0 Å². The fourth-order valence-corrected chi connectivity index (χ4v) is 5.57. The molecular weight excluding hydrogens is 521 g/mol. The first kappa shape index (κ1) is 32.0. The number of halogens is 1. The highest BCUT2D eigenvalue weighted by atomic mass is 19.1. The lowest BCUT2D eigenvalue weighted by molar-refractivity contribution is -0.142. The Bertz CT molecular complexity index is 1220. The molecule has 0 aromatic heterocycles. The molecule has 1 N–H and O–H groups in total. The normalized spacial score (nSPS) is 16.0. The average Bonchev–Trinajstić information content (AvgIpc) is 2.95. The minimum absolute atomic E-state index is 0.115. The van der Waals surface area contributed by atoms with E-state index in [0.29, 0.717) is 11.1 Å². The zero-order valence-corrected chi connectivity index (χ0v) is 24.4. The summed E-state index contributed by atoms with van der Waals surface area (Å²) in [5.74, 6) is -4.01. The first-order valence-electron chi connectivity index (χ1n) is 14.8. The van der Waals surface area contributed by atoms with E-state index in [-0.39, 0.29) is 49.1 Å². The molecule has 0 spiro atoms. The van der Waals surface area contributed by atoms with Gasteiger partial charge in [0.05, 0.1) is 6.04 Å². The molecule has 0 bridgehead atoms. The molecule has 3 rings (SSSR count). The van der Waals surface area contributed by atoms with Crippen LogP contribution in [0.2, 0.25) is 0 Å². The summed E-state index contributed by atoms with van der Waals surface area (Å²) in [6.45, 7) is 5.18. The maximum absolute atomic E-state index is 13.8. The van der Waals surface area contributed by atoms with Crippen LogP contribution in [0.4, 0.5) is 4.39 Å². The average molecular weight is 564 g/mol. The SMILES string of the molecule is CC(C)[C@H](CC(=O)[C@H](C)NC(=O)[C@H](CC(=O)c1ccccc1)Cc1cccc(F)c1)C(=O)C(=O)CC1CCCCC1. The van der Waals surface area contributed by atoms with Gasteiger partial charge in [-0.1, -0.05) is 88.4 Å². The summed E-state index contributed by atoms with van der Waals surface area (Å²) < 4.78 is 13.8. The summed E-state index contributed by atoms with van der Waals surface area (Å²) in [4.78, 5) is 65.4. The van der Waals surface area contributed by atoms with Crippen LogP contribution >= 0.6 is 0 Å². The van der Waals surface area contributed by atoms with Crippen molar-refractivity contribution in [2.24, 2.45) is 23.7 Å². The Morgan fingerprint density at radius 3 is 2.20 bits per heavy atom. The fraction of sp³-hybridized carbons (Fsp3) is 0.500. The van der Waals surface area contributed by atoms with E-state index in [2.05, 4.69) is 5.32 Å². The number of Topliss-reactive ketones (excluding diaryl/α,β-unsaturated/α-hetero) is 4. The highest BCUT2D eigenvalue weighted by Gasteiger charge is 2.33. The molecule has 1 aliphatic carbocycles. The van der Waals surface area contributed by atoms with Crippen molar-refractivity contribution in [3.8, 4) is 0 Å². The van der Waals surface area contributed by atoms with E-state index in [1.165, 1.54) is 12.1 Å². The third-order valence-corrected chi connectivity index (χ3v) is 8.15. The van der Waals surface area contributed by atoms with Gasteiger partial charge in [0, 0.05) is 36.7 Å². The van der Waals surface area contributed by atoms with Crippen LogP contribution in [0.3, 0.4) is 0 Å². The van der Waals surface area contributed by atoms with Crippen LogP contribution in [0.5, 0.6) is 0 Å². The highest BCUT2D eigenvalue weighted by molar-refractivity contribution is 6.38. The molecule has 0 unspecified atom stereocenters. The van der Waals surface area contributed by atoms with Crippen LogP contribution < -0.4 is 5.32 Å². The van der Waals surface area contributed by atoms with Crippen molar-refractivity contribution >= 4 is 29.0 Å². The Kier molecular flexibility index (Phi) is 12.1. The molecule has 0 aliphatic heterocycles. The largest absolute Gasteiger partial charge is 0.346 e. The zero-order chi connectivity index (χ0) is 29.9. The number of ketones is 4. The molecule has 1 fully saturated rings. The summed E-state index contributed by atoms with van der Waals surface area (Å²) in [6, 6.07) is 13.5. The van der Waals surface area contributed by atoms with Gasteiger partial charge in [0.25, 0.3) is 0 Å². The lowest BCUT2D eigenvalue weighted by Gasteiger charge is -2.24. The molecular formula is C34H42FNO5. The van der Waals surface area contributed by atoms with Crippen molar-refractivity contribution in [2.45, 2.75) is 84.6 Å². The van der Waals surface area contributed by atoms with Gasteiger partial charge in [-0.15, -0.1) is 0 Å². The fourth-order valence-electron chi connectivity index (χ4n) is 5.57. The third-order valence-electron chi connectivity index (χ3n) is 8.15. The second kappa shape index (κ2) is 15.5. The van der Waals surface area contributed by atoms with E-state index in [1.807, 2.05) is 13.8 Å². The number of benzene rings is 2. The van der Waals surface area contributed by atoms with Crippen molar-refractivity contribution in [1.82, 2.24) is 5.32 Å². The van der Waals surface area contributed by atoms with Crippen molar-refractivity contribution in [2.75, 3.05) is 0 Å². The van der Waals surface area contributed by atoms with Crippen LogP contribution in [-0.2, 0) is 25.6 Å². The summed E-state index contributed by atoms with van der Waals surface area (Å²) in [6.07, 6.45) is 5.31. The number of hydrogen-bond donors (Lipinski definition) is 1. The minimum Gasteiger partial charge on any atom is -0.346 e. The first-order chi connectivity index (χ1) is 19.5. The monoisotopic (exact) mass is 563 g/mol. The van der Waals surface area contributed by atoms with E-state index in [9.17, 15) is 28.4 Å². The highest BCUT2D eigenvalue weighted by Crippen LogP contribution is 2.28. The predicted octanol–water partition coefficient (Wildman–Crippen LogP) is 6.10. The Morgan fingerprint density at radius 2 is 1.56 bits per heavy atom. The molecule has 41 heavy (non-hydrogen) atoms. The Morgan fingerprint density at radius 1 is 0.878 bits per heavy atom. The smallest absolute Gasteiger partial charge is 0.224 e. The van der Waals surface area contributed by atoms with Crippen molar-refractivity contribution in [3.05, 3.63) is 71.5 Å². The van der Waals surface area contributed by atoms with Crippen LogP contribution in [0, 0.1) is 29.5 Å². The van der Waals surface area contributed by atoms with Gasteiger partial charge in [0.15, 0.2) is 17.3 Å². The van der Waals surface area contributed by atoms with E-state index in [4.69, 9.17) is 0 Å². The second-order valence-electron chi connectivity index (χ2n) is 11.8. The molecule has 0 saturated heterocycles. The van der Waals surface area contributed by atoms with Crippen LogP contribution in [0.15, 0.2) is 54.6 Å². The Labute approximate surface area is 242 Å². The number of carbonyl (C=O) groups is 5. The standard InChI is InChI=1S/C34H42FNO5/c1-22(2)29(33(40)32(39)19-24-11-6-4-7-12-24)21-30(37)23(3)36-34(41)27(17-25-13-10-16-28(35)18-25)20-31(38)26-14-8-5-9-15-26/h5,8-10,13-16,18,22-24,27,29H,4,6-7,11-12,17,19-21H2,1-3H3,(H,36,41)/t23-,27-,29-/m0/s1. The molecule has 2 aromatic carbocycles. The zero-order valence-electron chi connectivity index (χ0n) is 24.4. The van der Waals surface area contributed by atoms with Crippen LogP contribution in [-0.4, -0.2) is 35.1 Å². The minimum atomic E-state index is -0.924. The summed E-state index contributed by atoms with van der Waals surface area (Å²) >= 11 is 0. The molecule has 0 heterocycles. The molecule has 6 nitrogen and oxygen atoms in total. The van der Waals surface area contributed by atoms with Gasteiger partial charge in [0.2, 0.25) is 11.7 Å². The summed E-state index contributed by atoms with van der Waals surface area (Å²) in [7, 11) is 0. The van der Waals surface area contributed by atoms with Gasteiger partial charge in [-0.3, -0.25) is 24.0 Å². The Balaban J connectivity index is 1.66. The van der Waals surface area contributed by atoms with Gasteiger partial charge in [-0.05, 0) is 42.9 Å². The van der Waals surface area contributed by atoms with E-state index in [0.717, 1.165) is 32.1 Å². The number of rotatable bonds is 15. The number of amides is 1. The van der Waals surface area contributed by atoms with Crippen LogP contribution in [0.1, 0.15) is 88.1 Å². The molecule has 2 aromatic rings. The Hall–Kier alpha value is -3.48. The van der Waals surface area contributed by atoms with Crippen LogP contribution in [0.25, 0.3) is 0 Å².